The highest BCUT2D eigenvalue weighted by molar-refractivity contribution is 6.31. The van der Waals surface area contributed by atoms with E-state index in [4.69, 9.17) is 22.1 Å². The fourth-order valence-electron chi connectivity index (χ4n) is 1.92. The zero-order valence-corrected chi connectivity index (χ0v) is 15.7. The molecule has 2 unspecified atom stereocenters. The summed E-state index contributed by atoms with van der Waals surface area (Å²) in [5.74, 6) is 0.126. The van der Waals surface area contributed by atoms with E-state index in [1.165, 1.54) is 7.11 Å². The Kier molecular flexibility index (Phi) is 10.4. The van der Waals surface area contributed by atoms with Gasteiger partial charge in [-0.3, -0.25) is 9.59 Å². The lowest BCUT2D eigenvalue weighted by molar-refractivity contribution is -0.123. The molecule has 0 spiro atoms. The van der Waals surface area contributed by atoms with Crippen LogP contribution >= 0.6 is 24.0 Å². The van der Waals surface area contributed by atoms with Crippen molar-refractivity contribution in [3.05, 3.63) is 23.2 Å². The molecule has 0 aliphatic rings. The Morgan fingerprint density at radius 3 is 2.62 bits per heavy atom. The second-order valence-electron chi connectivity index (χ2n) is 5.35. The van der Waals surface area contributed by atoms with Gasteiger partial charge in [0.15, 0.2) is 0 Å². The SMILES string of the molecule is CCC(C)C(N)C(=O)NCCC(=O)Nc1cc(Cl)ccc1OC.Cl. The number of ether oxygens (including phenoxy) is 1. The molecule has 2 atom stereocenters. The molecule has 1 aromatic rings. The average molecular weight is 378 g/mol. The van der Waals surface area contributed by atoms with Crippen LogP contribution in [0.15, 0.2) is 18.2 Å². The van der Waals surface area contributed by atoms with Gasteiger partial charge in [-0.2, -0.15) is 0 Å². The highest BCUT2D eigenvalue weighted by Gasteiger charge is 2.19. The molecule has 0 saturated carbocycles. The van der Waals surface area contributed by atoms with Gasteiger partial charge in [0.2, 0.25) is 11.8 Å². The van der Waals surface area contributed by atoms with Crippen molar-refractivity contribution < 1.29 is 14.3 Å². The van der Waals surface area contributed by atoms with Gasteiger partial charge in [-0.25, -0.2) is 0 Å². The Labute approximate surface area is 153 Å². The molecule has 0 aromatic heterocycles. The van der Waals surface area contributed by atoms with Crippen molar-refractivity contribution in [2.45, 2.75) is 32.7 Å². The maximum atomic E-state index is 11.9. The molecular weight excluding hydrogens is 353 g/mol. The molecule has 0 aliphatic heterocycles. The van der Waals surface area contributed by atoms with E-state index in [2.05, 4.69) is 10.6 Å². The Morgan fingerprint density at radius 2 is 2.04 bits per heavy atom. The Balaban J connectivity index is 0.00000529. The van der Waals surface area contributed by atoms with E-state index >= 15 is 0 Å². The van der Waals surface area contributed by atoms with Crippen LogP contribution in [0, 0.1) is 5.92 Å². The number of hydrogen-bond donors (Lipinski definition) is 3. The van der Waals surface area contributed by atoms with Crippen LogP contribution in [0.25, 0.3) is 0 Å². The molecule has 136 valence electrons. The zero-order chi connectivity index (χ0) is 17.4. The van der Waals surface area contributed by atoms with E-state index < -0.39 is 6.04 Å². The summed E-state index contributed by atoms with van der Waals surface area (Å²) in [5.41, 5.74) is 6.32. The van der Waals surface area contributed by atoms with E-state index in [1.54, 1.807) is 18.2 Å². The molecule has 6 nitrogen and oxygen atoms in total. The van der Waals surface area contributed by atoms with Crippen molar-refractivity contribution in [1.29, 1.82) is 0 Å². The summed E-state index contributed by atoms with van der Waals surface area (Å²) in [6, 6.07) is 4.39. The smallest absolute Gasteiger partial charge is 0.237 e. The lowest BCUT2D eigenvalue weighted by Crippen LogP contribution is -2.45. The van der Waals surface area contributed by atoms with Crippen molar-refractivity contribution in [3.8, 4) is 5.75 Å². The maximum Gasteiger partial charge on any atom is 0.237 e. The minimum Gasteiger partial charge on any atom is -0.495 e. The van der Waals surface area contributed by atoms with Gasteiger partial charge >= 0.3 is 0 Å². The Hall–Kier alpha value is -1.50. The number of benzene rings is 1. The van der Waals surface area contributed by atoms with Gasteiger partial charge < -0.3 is 21.1 Å². The Morgan fingerprint density at radius 1 is 1.38 bits per heavy atom. The summed E-state index contributed by atoms with van der Waals surface area (Å²) in [7, 11) is 1.51. The van der Waals surface area contributed by atoms with Gasteiger partial charge in [-0.15, -0.1) is 12.4 Å². The number of nitrogens with two attached hydrogens (primary N) is 1. The fraction of sp³-hybridized carbons (Fsp3) is 0.500. The first-order chi connectivity index (χ1) is 10.9. The molecule has 1 aromatic carbocycles. The number of carbonyl (C=O) groups excluding carboxylic acids is 2. The molecule has 1 rings (SSSR count). The van der Waals surface area contributed by atoms with Crippen LogP contribution < -0.4 is 21.1 Å². The second kappa shape index (κ2) is 11.1. The molecule has 2 amide bonds. The number of rotatable bonds is 8. The number of nitrogens with one attached hydrogen (secondary N) is 2. The highest BCUT2D eigenvalue weighted by atomic mass is 35.5. The predicted molar refractivity (Wildman–Crippen MR) is 98.9 cm³/mol. The lowest BCUT2D eigenvalue weighted by Gasteiger charge is -2.17. The number of amides is 2. The molecule has 0 bridgehead atoms. The van der Waals surface area contributed by atoms with Crippen LogP contribution in [0.2, 0.25) is 5.02 Å². The van der Waals surface area contributed by atoms with E-state index in [0.29, 0.717) is 16.5 Å². The molecule has 0 fully saturated rings. The normalized spacial score (nSPS) is 12.5. The summed E-state index contributed by atoms with van der Waals surface area (Å²) in [6.07, 6.45) is 0.957. The molecule has 0 saturated heterocycles. The first-order valence-electron chi connectivity index (χ1n) is 7.55. The van der Waals surface area contributed by atoms with Gasteiger partial charge in [0.1, 0.15) is 5.75 Å². The van der Waals surface area contributed by atoms with Crippen LogP contribution in [0.3, 0.4) is 0 Å². The largest absolute Gasteiger partial charge is 0.495 e. The average Bonchev–Trinajstić information content (AvgIpc) is 2.53. The molecular formula is C16H25Cl2N3O3. The van der Waals surface area contributed by atoms with Crippen molar-refractivity contribution in [2.75, 3.05) is 19.0 Å². The molecule has 4 N–H and O–H groups in total. The standard InChI is InChI=1S/C16H24ClN3O3.ClH/c1-4-10(2)15(18)16(22)19-8-7-14(21)20-12-9-11(17)5-6-13(12)23-3;/h5-6,9-10,15H,4,7-8,18H2,1-3H3,(H,19,22)(H,20,21);1H. The minimum absolute atomic E-state index is 0. The topological polar surface area (TPSA) is 93.5 Å². The van der Waals surface area contributed by atoms with Crippen molar-refractivity contribution >= 4 is 41.5 Å². The van der Waals surface area contributed by atoms with Crippen molar-refractivity contribution in [3.63, 3.8) is 0 Å². The van der Waals surface area contributed by atoms with E-state index in [-0.39, 0.29) is 43.1 Å². The molecule has 0 aliphatic carbocycles. The third-order valence-electron chi connectivity index (χ3n) is 3.65. The van der Waals surface area contributed by atoms with Crippen LogP contribution in [0.1, 0.15) is 26.7 Å². The number of hydrogen-bond acceptors (Lipinski definition) is 4. The first kappa shape index (κ1) is 22.5. The number of anilines is 1. The van der Waals surface area contributed by atoms with Crippen LogP contribution in [0.5, 0.6) is 5.75 Å². The number of methoxy groups -OCH3 is 1. The van der Waals surface area contributed by atoms with Gasteiger partial charge in [0, 0.05) is 18.0 Å². The third-order valence-corrected chi connectivity index (χ3v) is 3.88. The second-order valence-corrected chi connectivity index (χ2v) is 5.78. The Bertz CT molecular complexity index is 555. The van der Waals surface area contributed by atoms with Crippen LogP contribution in [0.4, 0.5) is 5.69 Å². The first-order valence-corrected chi connectivity index (χ1v) is 7.93. The van der Waals surface area contributed by atoms with Crippen LogP contribution in [-0.4, -0.2) is 31.5 Å². The minimum atomic E-state index is -0.559. The monoisotopic (exact) mass is 377 g/mol. The van der Waals surface area contributed by atoms with Crippen molar-refractivity contribution in [2.24, 2.45) is 11.7 Å². The van der Waals surface area contributed by atoms with E-state index in [0.717, 1.165) is 6.42 Å². The maximum absolute atomic E-state index is 11.9. The summed E-state index contributed by atoms with van der Waals surface area (Å²) in [6.45, 7) is 4.11. The van der Waals surface area contributed by atoms with Gasteiger partial charge in [0.05, 0.1) is 18.8 Å². The number of halogens is 2. The fourth-order valence-corrected chi connectivity index (χ4v) is 2.09. The van der Waals surface area contributed by atoms with E-state index in [9.17, 15) is 9.59 Å². The third kappa shape index (κ3) is 6.95. The quantitative estimate of drug-likeness (QED) is 0.648. The van der Waals surface area contributed by atoms with Crippen LogP contribution in [-0.2, 0) is 9.59 Å². The number of carbonyl (C=O) groups is 2. The zero-order valence-electron chi connectivity index (χ0n) is 14.1. The highest BCUT2D eigenvalue weighted by Crippen LogP contribution is 2.27. The van der Waals surface area contributed by atoms with Crippen molar-refractivity contribution in [1.82, 2.24) is 5.32 Å². The molecule has 0 heterocycles. The van der Waals surface area contributed by atoms with E-state index in [1.807, 2.05) is 13.8 Å². The van der Waals surface area contributed by atoms with Gasteiger partial charge in [0.25, 0.3) is 0 Å². The summed E-state index contributed by atoms with van der Waals surface area (Å²) in [5, 5.41) is 5.87. The lowest BCUT2D eigenvalue weighted by atomic mass is 9.99. The molecule has 24 heavy (non-hydrogen) atoms. The molecule has 8 heteroatoms. The summed E-state index contributed by atoms with van der Waals surface area (Å²) < 4.78 is 5.15. The predicted octanol–water partition coefficient (Wildman–Crippen LogP) is 2.59. The summed E-state index contributed by atoms with van der Waals surface area (Å²) >= 11 is 5.90. The molecule has 0 radical (unpaired) electrons. The summed E-state index contributed by atoms with van der Waals surface area (Å²) in [4.78, 5) is 23.8. The van der Waals surface area contributed by atoms with Gasteiger partial charge in [-0.05, 0) is 24.1 Å². The van der Waals surface area contributed by atoms with Gasteiger partial charge in [-0.1, -0.05) is 31.9 Å².